The van der Waals surface area contributed by atoms with Crippen LogP contribution in [-0.2, 0) is 0 Å². The summed E-state index contributed by atoms with van der Waals surface area (Å²) >= 11 is 0. The van der Waals surface area contributed by atoms with Crippen molar-refractivity contribution in [3.8, 4) is 5.75 Å². The summed E-state index contributed by atoms with van der Waals surface area (Å²) in [6, 6.07) is 6.81. The highest BCUT2D eigenvalue weighted by Crippen LogP contribution is 2.25. The number of ether oxygens (including phenoxy) is 1. The number of nitrogens with one attached hydrogen (secondary N) is 3. The summed E-state index contributed by atoms with van der Waals surface area (Å²) in [6.45, 7) is 2.83. The average molecular weight is 336 g/mol. The molecular weight excluding hydrogens is 320 g/mol. The molecule has 2 amide bonds. The van der Waals surface area contributed by atoms with E-state index in [1.807, 2.05) is 13.1 Å². The Morgan fingerprint density at radius 1 is 1.32 bits per heavy atom. The molecule has 0 aliphatic carbocycles. The minimum absolute atomic E-state index is 0.213. The van der Waals surface area contributed by atoms with Crippen molar-refractivity contribution in [1.29, 1.82) is 0 Å². The van der Waals surface area contributed by atoms with Crippen LogP contribution >= 0.6 is 0 Å². The third-order valence-electron chi connectivity index (χ3n) is 4.13. The minimum atomic E-state index is -0.287. The predicted octanol–water partition coefficient (Wildman–Crippen LogP) is 2.25. The van der Waals surface area contributed by atoms with Gasteiger partial charge in [-0.2, -0.15) is 0 Å². The van der Waals surface area contributed by atoms with Crippen LogP contribution in [0.5, 0.6) is 5.75 Å². The first-order valence-corrected chi connectivity index (χ1v) is 7.92. The molecule has 3 aromatic rings. The zero-order valence-electron chi connectivity index (χ0n) is 13.6. The average Bonchev–Trinajstić information content (AvgIpc) is 2.89. The zero-order valence-corrected chi connectivity index (χ0v) is 13.6. The Bertz CT molecular complexity index is 993. The van der Waals surface area contributed by atoms with Crippen molar-refractivity contribution in [2.45, 2.75) is 6.92 Å². The third-order valence-corrected chi connectivity index (χ3v) is 4.13. The molecule has 4 rings (SSSR count). The maximum Gasteiger partial charge on any atom is 0.257 e. The molecule has 0 unspecified atom stereocenters. The van der Waals surface area contributed by atoms with Crippen molar-refractivity contribution in [2.75, 3.05) is 18.5 Å². The van der Waals surface area contributed by atoms with Crippen molar-refractivity contribution in [1.82, 2.24) is 15.3 Å². The number of hydrogen-bond acceptors (Lipinski definition) is 4. The van der Waals surface area contributed by atoms with E-state index in [-0.39, 0.29) is 11.8 Å². The van der Waals surface area contributed by atoms with E-state index in [1.54, 1.807) is 24.3 Å². The number of aryl methyl sites for hydroxylation is 1. The second kappa shape index (κ2) is 5.94. The van der Waals surface area contributed by atoms with Crippen molar-refractivity contribution in [2.24, 2.45) is 0 Å². The monoisotopic (exact) mass is 336 g/mol. The van der Waals surface area contributed by atoms with Crippen molar-refractivity contribution in [3.63, 3.8) is 0 Å². The summed E-state index contributed by atoms with van der Waals surface area (Å²) in [5.74, 6) is 0.0126. The fourth-order valence-corrected chi connectivity index (χ4v) is 2.79. The molecule has 2 aromatic heterocycles. The smallest absolute Gasteiger partial charge is 0.257 e. The van der Waals surface area contributed by atoms with Crippen LogP contribution in [0.4, 0.5) is 5.69 Å². The minimum Gasteiger partial charge on any atom is -0.491 e. The Balaban J connectivity index is 1.61. The van der Waals surface area contributed by atoms with Crippen LogP contribution in [0, 0.1) is 6.92 Å². The molecule has 1 aromatic carbocycles. The lowest BCUT2D eigenvalue weighted by Crippen LogP contribution is -2.24. The Morgan fingerprint density at radius 3 is 3.08 bits per heavy atom. The largest absolute Gasteiger partial charge is 0.491 e. The third kappa shape index (κ3) is 2.80. The lowest BCUT2D eigenvalue weighted by Gasteiger charge is -2.09. The quantitative estimate of drug-likeness (QED) is 0.669. The van der Waals surface area contributed by atoms with Crippen LogP contribution in [0.2, 0.25) is 0 Å². The lowest BCUT2D eigenvalue weighted by atomic mass is 10.1. The van der Waals surface area contributed by atoms with Gasteiger partial charge in [0.1, 0.15) is 18.0 Å². The maximum atomic E-state index is 12.5. The van der Waals surface area contributed by atoms with Gasteiger partial charge in [-0.1, -0.05) is 0 Å². The first-order valence-electron chi connectivity index (χ1n) is 7.92. The van der Waals surface area contributed by atoms with Gasteiger partial charge < -0.3 is 20.4 Å². The maximum absolute atomic E-state index is 12.5. The highest BCUT2D eigenvalue weighted by atomic mass is 16.5. The molecule has 0 bridgehead atoms. The number of benzene rings is 1. The summed E-state index contributed by atoms with van der Waals surface area (Å²) < 4.78 is 5.51. The molecule has 126 valence electrons. The van der Waals surface area contributed by atoms with Crippen molar-refractivity contribution >= 4 is 28.5 Å². The van der Waals surface area contributed by atoms with E-state index in [0.717, 1.165) is 16.6 Å². The number of fused-ring (bicyclic) bond motifs is 2. The van der Waals surface area contributed by atoms with E-state index in [1.165, 1.54) is 6.20 Å². The van der Waals surface area contributed by atoms with Crippen LogP contribution in [0.3, 0.4) is 0 Å². The van der Waals surface area contributed by atoms with Gasteiger partial charge in [-0.3, -0.25) is 9.59 Å². The van der Waals surface area contributed by atoms with E-state index in [4.69, 9.17) is 4.74 Å². The number of carbonyl (C=O) groups excluding carboxylic acids is 2. The van der Waals surface area contributed by atoms with Gasteiger partial charge in [0.15, 0.2) is 0 Å². The SMILES string of the molecule is Cc1c[nH]c2ncc(C(=O)Nc3ccc4c(c3)C(=O)NCCO4)cc12. The summed E-state index contributed by atoms with van der Waals surface area (Å²) in [7, 11) is 0. The van der Waals surface area contributed by atoms with Gasteiger partial charge in [0.05, 0.1) is 17.7 Å². The molecule has 0 saturated heterocycles. The highest BCUT2D eigenvalue weighted by Gasteiger charge is 2.18. The molecule has 0 saturated carbocycles. The van der Waals surface area contributed by atoms with E-state index >= 15 is 0 Å². The van der Waals surface area contributed by atoms with Gasteiger partial charge in [-0.25, -0.2) is 4.98 Å². The summed E-state index contributed by atoms with van der Waals surface area (Å²) in [5, 5.41) is 6.45. The number of H-pyrrole nitrogens is 1. The van der Waals surface area contributed by atoms with Crippen LogP contribution in [0.1, 0.15) is 26.3 Å². The van der Waals surface area contributed by atoms with Crippen LogP contribution in [0.15, 0.2) is 36.7 Å². The summed E-state index contributed by atoms with van der Waals surface area (Å²) in [6.07, 6.45) is 3.37. The Kier molecular flexibility index (Phi) is 3.61. The van der Waals surface area contributed by atoms with Crippen LogP contribution < -0.4 is 15.4 Å². The number of aromatic nitrogens is 2. The Labute approximate surface area is 143 Å². The predicted molar refractivity (Wildman–Crippen MR) is 93.1 cm³/mol. The van der Waals surface area contributed by atoms with Gasteiger partial charge in [0.2, 0.25) is 0 Å². The van der Waals surface area contributed by atoms with E-state index in [0.29, 0.717) is 35.7 Å². The summed E-state index contributed by atoms with van der Waals surface area (Å²) in [4.78, 5) is 31.9. The molecule has 7 nitrogen and oxygen atoms in total. The topological polar surface area (TPSA) is 96.1 Å². The lowest BCUT2D eigenvalue weighted by molar-refractivity contribution is 0.0955. The second-order valence-corrected chi connectivity index (χ2v) is 5.86. The fraction of sp³-hybridized carbons (Fsp3) is 0.167. The summed E-state index contributed by atoms with van der Waals surface area (Å²) in [5.41, 5.74) is 3.15. The molecule has 0 atom stereocenters. The fourth-order valence-electron chi connectivity index (χ4n) is 2.79. The van der Waals surface area contributed by atoms with Gasteiger partial charge in [0.25, 0.3) is 11.8 Å². The number of carbonyl (C=O) groups is 2. The number of nitrogens with zero attached hydrogens (tertiary/aromatic N) is 1. The van der Waals surface area contributed by atoms with Crippen LogP contribution in [-0.4, -0.2) is 34.9 Å². The number of aromatic amines is 1. The number of hydrogen-bond donors (Lipinski definition) is 3. The van der Waals surface area contributed by atoms with E-state index < -0.39 is 0 Å². The molecular formula is C18H16N4O3. The van der Waals surface area contributed by atoms with Gasteiger partial charge in [-0.05, 0) is 36.8 Å². The van der Waals surface area contributed by atoms with Crippen molar-refractivity contribution in [3.05, 3.63) is 53.3 Å². The first-order chi connectivity index (χ1) is 12.1. The standard InChI is InChI=1S/C18H16N4O3/c1-10-8-20-16-13(10)6-11(9-21-16)17(23)22-12-2-3-15-14(7-12)18(24)19-4-5-25-15/h2-3,6-9H,4-5H2,1H3,(H,19,24)(H,20,21)(H,22,23). The molecule has 0 radical (unpaired) electrons. The highest BCUT2D eigenvalue weighted by molar-refractivity contribution is 6.07. The number of anilines is 1. The molecule has 25 heavy (non-hydrogen) atoms. The van der Waals surface area contributed by atoms with Crippen molar-refractivity contribution < 1.29 is 14.3 Å². The normalized spacial score (nSPS) is 13.6. The first kappa shape index (κ1) is 15.2. The van der Waals surface area contributed by atoms with Gasteiger partial charge in [0, 0.05) is 23.5 Å². The van der Waals surface area contributed by atoms with E-state index in [9.17, 15) is 9.59 Å². The Hall–Kier alpha value is -3.35. The molecule has 1 aliphatic heterocycles. The van der Waals surface area contributed by atoms with Gasteiger partial charge in [-0.15, -0.1) is 0 Å². The second-order valence-electron chi connectivity index (χ2n) is 5.86. The molecule has 3 N–H and O–H groups in total. The van der Waals surface area contributed by atoms with Crippen LogP contribution in [0.25, 0.3) is 11.0 Å². The number of amides is 2. The Morgan fingerprint density at radius 2 is 2.20 bits per heavy atom. The molecule has 0 spiro atoms. The number of rotatable bonds is 2. The zero-order chi connectivity index (χ0) is 17.4. The van der Waals surface area contributed by atoms with Gasteiger partial charge >= 0.3 is 0 Å². The molecule has 0 fully saturated rings. The molecule has 1 aliphatic rings. The molecule has 7 heteroatoms. The number of pyridine rings is 1. The van der Waals surface area contributed by atoms with E-state index in [2.05, 4.69) is 20.6 Å². The molecule has 3 heterocycles.